The van der Waals surface area contributed by atoms with Crippen molar-refractivity contribution in [3.05, 3.63) is 53.3 Å². The normalized spacial score (nSPS) is 17.3. The minimum Gasteiger partial charge on any atom is -0.344 e. The van der Waals surface area contributed by atoms with Crippen molar-refractivity contribution in [2.24, 2.45) is 5.73 Å². The molecule has 4 heteroatoms. The SMILES string of the molecule is Cc1ccccc1NC(=O)Cn1cc2c(c1)C(N)CCC2. The predicted octanol–water partition coefficient (Wildman–Crippen LogP) is 2.77. The van der Waals surface area contributed by atoms with Crippen LogP contribution in [0.4, 0.5) is 5.69 Å². The standard InChI is InChI=1S/C17H21N3O/c1-12-5-2-3-8-16(12)19-17(21)11-20-9-13-6-4-7-15(18)14(13)10-20/h2-3,5,8-10,15H,4,6-7,11,18H2,1H3,(H,19,21). The lowest BCUT2D eigenvalue weighted by molar-refractivity contribution is -0.116. The number of aryl methyl sites for hydroxylation is 2. The van der Waals surface area contributed by atoms with Gasteiger partial charge < -0.3 is 15.6 Å². The molecule has 0 fully saturated rings. The van der Waals surface area contributed by atoms with E-state index in [1.165, 1.54) is 11.1 Å². The average Bonchev–Trinajstić information content (AvgIpc) is 2.85. The summed E-state index contributed by atoms with van der Waals surface area (Å²) in [6, 6.07) is 7.92. The maximum absolute atomic E-state index is 12.2. The second-order valence-corrected chi connectivity index (χ2v) is 5.77. The molecule has 0 saturated carbocycles. The van der Waals surface area contributed by atoms with Crippen molar-refractivity contribution in [1.82, 2.24) is 4.57 Å². The number of nitrogens with one attached hydrogen (secondary N) is 1. The average molecular weight is 283 g/mol. The fourth-order valence-electron chi connectivity index (χ4n) is 2.94. The van der Waals surface area contributed by atoms with Gasteiger partial charge in [0.05, 0.1) is 0 Å². The molecule has 3 N–H and O–H groups in total. The van der Waals surface area contributed by atoms with Gasteiger partial charge in [-0.2, -0.15) is 0 Å². The molecule has 1 aliphatic rings. The molecule has 1 heterocycles. The third-order valence-electron chi connectivity index (χ3n) is 4.10. The minimum atomic E-state index is -0.00906. The van der Waals surface area contributed by atoms with E-state index in [0.29, 0.717) is 6.54 Å². The number of para-hydroxylation sites is 1. The van der Waals surface area contributed by atoms with E-state index in [-0.39, 0.29) is 11.9 Å². The van der Waals surface area contributed by atoms with Crippen LogP contribution >= 0.6 is 0 Å². The first-order chi connectivity index (χ1) is 10.1. The molecule has 2 aromatic rings. The molecule has 0 aliphatic heterocycles. The summed E-state index contributed by atoms with van der Waals surface area (Å²) < 4.78 is 1.95. The molecular weight excluding hydrogens is 262 g/mol. The number of hydrogen-bond acceptors (Lipinski definition) is 2. The zero-order valence-electron chi connectivity index (χ0n) is 12.3. The lowest BCUT2D eigenvalue weighted by Crippen LogP contribution is -2.18. The van der Waals surface area contributed by atoms with Gasteiger partial charge in [-0.05, 0) is 48.9 Å². The van der Waals surface area contributed by atoms with Gasteiger partial charge in [-0.25, -0.2) is 0 Å². The van der Waals surface area contributed by atoms with Crippen molar-refractivity contribution in [2.45, 2.75) is 38.8 Å². The molecule has 3 rings (SSSR count). The highest BCUT2D eigenvalue weighted by Gasteiger charge is 2.19. The van der Waals surface area contributed by atoms with Crippen molar-refractivity contribution < 1.29 is 4.79 Å². The van der Waals surface area contributed by atoms with Gasteiger partial charge in [0, 0.05) is 24.1 Å². The van der Waals surface area contributed by atoms with Gasteiger partial charge in [0.1, 0.15) is 6.54 Å². The van der Waals surface area contributed by atoms with E-state index in [2.05, 4.69) is 11.5 Å². The summed E-state index contributed by atoms with van der Waals surface area (Å²) in [4.78, 5) is 12.2. The molecule has 0 bridgehead atoms. The topological polar surface area (TPSA) is 60.0 Å². The second kappa shape index (κ2) is 5.74. The van der Waals surface area contributed by atoms with Crippen LogP contribution in [0, 0.1) is 6.92 Å². The number of nitrogens with zero attached hydrogens (tertiary/aromatic N) is 1. The van der Waals surface area contributed by atoms with Crippen LogP contribution in [-0.4, -0.2) is 10.5 Å². The third kappa shape index (κ3) is 3.00. The Bertz CT molecular complexity index is 660. The van der Waals surface area contributed by atoms with Crippen LogP contribution in [0.1, 0.15) is 35.6 Å². The summed E-state index contributed by atoms with van der Waals surface area (Å²) in [6.07, 6.45) is 7.32. The number of rotatable bonds is 3. The molecular formula is C17H21N3O. The van der Waals surface area contributed by atoms with Crippen LogP contribution < -0.4 is 11.1 Å². The number of benzene rings is 1. The van der Waals surface area contributed by atoms with E-state index in [0.717, 1.165) is 30.5 Å². The number of anilines is 1. The minimum absolute atomic E-state index is 0.00906. The Labute approximate surface area is 125 Å². The molecule has 21 heavy (non-hydrogen) atoms. The van der Waals surface area contributed by atoms with Gasteiger partial charge >= 0.3 is 0 Å². The Hall–Kier alpha value is -2.07. The Morgan fingerprint density at radius 3 is 2.95 bits per heavy atom. The molecule has 1 aromatic heterocycles. The van der Waals surface area contributed by atoms with Gasteiger partial charge in [0.25, 0.3) is 0 Å². The van der Waals surface area contributed by atoms with Crippen LogP contribution in [0.2, 0.25) is 0 Å². The van der Waals surface area contributed by atoms with Crippen molar-refractivity contribution in [3.63, 3.8) is 0 Å². The van der Waals surface area contributed by atoms with E-state index in [1.807, 2.05) is 42.0 Å². The number of carbonyl (C=O) groups is 1. The lowest BCUT2D eigenvalue weighted by Gasteiger charge is -2.17. The van der Waals surface area contributed by atoms with Crippen LogP contribution in [0.15, 0.2) is 36.7 Å². The number of nitrogens with two attached hydrogens (primary N) is 1. The highest BCUT2D eigenvalue weighted by atomic mass is 16.1. The fourth-order valence-corrected chi connectivity index (χ4v) is 2.94. The van der Waals surface area contributed by atoms with Crippen LogP contribution in [0.25, 0.3) is 0 Å². The molecule has 1 aliphatic carbocycles. The fraction of sp³-hybridized carbons (Fsp3) is 0.353. The Kier molecular flexibility index (Phi) is 3.80. The largest absolute Gasteiger partial charge is 0.344 e. The van der Waals surface area contributed by atoms with E-state index in [4.69, 9.17) is 5.73 Å². The highest BCUT2D eigenvalue weighted by molar-refractivity contribution is 5.91. The summed E-state index contributed by atoms with van der Waals surface area (Å²) in [5.74, 6) is -0.00906. The van der Waals surface area contributed by atoms with Gasteiger partial charge in [-0.15, -0.1) is 0 Å². The molecule has 1 amide bonds. The predicted molar refractivity (Wildman–Crippen MR) is 84.1 cm³/mol. The second-order valence-electron chi connectivity index (χ2n) is 5.77. The zero-order chi connectivity index (χ0) is 14.8. The Morgan fingerprint density at radius 2 is 2.19 bits per heavy atom. The lowest BCUT2D eigenvalue weighted by atomic mass is 9.92. The molecule has 1 aromatic carbocycles. The molecule has 110 valence electrons. The summed E-state index contributed by atoms with van der Waals surface area (Å²) in [7, 11) is 0. The molecule has 0 saturated heterocycles. The van der Waals surface area contributed by atoms with Gasteiger partial charge in [-0.1, -0.05) is 18.2 Å². The van der Waals surface area contributed by atoms with E-state index in [1.54, 1.807) is 0 Å². The third-order valence-corrected chi connectivity index (χ3v) is 4.10. The molecule has 1 atom stereocenters. The maximum Gasteiger partial charge on any atom is 0.244 e. The molecule has 0 radical (unpaired) electrons. The van der Waals surface area contributed by atoms with Crippen molar-refractivity contribution in [1.29, 1.82) is 0 Å². The summed E-state index contributed by atoms with van der Waals surface area (Å²) in [5.41, 5.74) is 10.5. The van der Waals surface area contributed by atoms with E-state index in [9.17, 15) is 4.79 Å². The van der Waals surface area contributed by atoms with Gasteiger partial charge in [-0.3, -0.25) is 4.79 Å². The maximum atomic E-state index is 12.2. The number of aromatic nitrogens is 1. The monoisotopic (exact) mass is 283 g/mol. The molecule has 0 spiro atoms. The summed E-state index contributed by atoms with van der Waals surface area (Å²) in [6.45, 7) is 2.32. The quantitative estimate of drug-likeness (QED) is 0.910. The number of fused-ring (bicyclic) bond motifs is 1. The first-order valence-electron chi connectivity index (χ1n) is 7.43. The number of carbonyl (C=O) groups excluding carboxylic acids is 1. The number of amides is 1. The first-order valence-corrected chi connectivity index (χ1v) is 7.43. The molecule has 4 nitrogen and oxygen atoms in total. The van der Waals surface area contributed by atoms with Gasteiger partial charge in [0.2, 0.25) is 5.91 Å². The van der Waals surface area contributed by atoms with Crippen molar-refractivity contribution in [3.8, 4) is 0 Å². The Morgan fingerprint density at radius 1 is 1.38 bits per heavy atom. The zero-order valence-corrected chi connectivity index (χ0v) is 12.3. The summed E-state index contributed by atoms with van der Waals surface area (Å²) in [5, 5.41) is 2.96. The Balaban J connectivity index is 1.69. The van der Waals surface area contributed by atoms with Crippen LogP contribution in [-0.2, 0) is 17.8 Å². The van der Waals surface area contributed by atoms with E-state index < -0.39 is 0 Å². The van der Waals surface area contributed by atoms with E-state index >= 15 is 0 Å². The number of hydrogen-bond donors (Lipinski definition) is 2. The summed E-state index contributed by atoms with van der Waals surface area (Å²) >= 11 is 0. The van der Waals surface area contributed by atoms with Gasteiger partial charge in [0.15, 0.2) is 0 Å². The smallest absolute Gasteiger partial charge is 0.244 e. The van der Waals surface area contributed by atoms with Crippen molar-refractivity contribution in [2.75, 3.05) is 5.32 Å². The van der Waals surface area contributed by atoms with Crippen LogP contribution in [0.5, 0.6) is 0 Å². The highest BCUT2D eigenvalue weighted by Crippen LogP contribution is 2.28. The molecule has 1 unspecified atom stereocenters. The van der Waals surface area contributed by atoms with Crippen LogP contribution in [0.3, 0.4) is 0 Å². The van der Waals surface area contributed by atoms with Crippen molar-refractivity contribution >= 4 is 11.6 Å². The first kappa shape index (κ1) is 13.9.